The van der Waals surface area contributed by atoms with Gasteiger partial charge in [-0.25, -0.2) is 0 Å². The van der Waals surface area contributed by atoms with Crippen LogP contribution >= 0.6 is 0 Å². The van der Waals surface area contributed by atoms with Gasteiger partial charge in [-0.15, -0.1) is 12.8 Å². The average molecular weight is 290 g/mol. The van der Waals surface area contributed by atoms with Crippen molar-refractivity contribution in [2.24, 2.45) is 0 Å². The van der Waals surface area contributed by atoms with Gasteiger partial charge in [-0.05, 0) is 35.4 Å². The van der Waals surface area contributed by atoms with Crippen LogP contribution in [0.1, 0.15) is 24.0 Å². The third kappa shape index (κ3) is 4.08. The van der Waals surface area contributed by atoms with Crippen molar-refractivity contribution in [3.05, 3.63) is 59.7 Å². The van der Waals surface area contributed by atoms with Crippen LogP contribution in [0.4, 0.5) is 0 Å². The van der Waals surface area contributed by atoms with E-state index in [1.165, 1.54) is 11.1 Å². The summed E-state index contributed by atoms with van der Waals surface area (Å²) in [6, 6.07) is 16.0. The van der Waals surface area contributed by atoms with Gasteiger partial charge in [0.05, 0.1) is 0 Å². The Morgan fingerprint density at radius 3 is 1.45 bits per heavy atom. The van der Waals surface area contributed by atoms with Crippen LogP contribution in [0.15, 0.2) is 48.5 Å². The minimum absolute atomic E-state index is 0.281. The van der Waals surface area contributed by atoms with Crippen LogP contribution in [0.2, 0.25) is 0 Å². The minimum atomic E-state index is 0.281. The molecule has 0 unspecified atom stereocenters. The maximum absolute atomic E-state index is 5.38. The molecule has 0 atom stereocenters. The largest absolute Gasteiger partial charge is 0.481 e. The first-order valence-electron chi connectivity index (χ1n) is 7.07. The lowest BCUT2D eigenvalue weighted by Gasteiger charge is -2.14. The van der Waals surface area contributed by atoms with E-state index < -0.39 is 0 Å². The van der Waals surface area contributed by atoms with Crippen molar-refractivity contribution in [3.8, 4) is 36.2 Å². The van der Waals surface area contributed by atoms with Crippen LogP contribution in [0.5, 0.6) is 11.5 Å². The molecule has 0 radical (unpaired) electrons. The number of terminal acetylenes is 2. The van der Waals surface area contributed by atoms with E-state index in [4.69, 9.17) is 22.3 Å². The highest BCUT2D eigenvalue weighted by molar-refractivity contribution is 5.37. The van der Waals surface area contributed by atoms with E-state index in [2.05, 4.69) is 43.0 Å². The number of hydrogen-bond donors (Lipinski definition) is 0. The second-order valence-corrected chi connectivity index (χ2v) is 4.85. The standard InChI is InChI=1S/C20H18O2/c1-4-14-21-19-10-6-17(7-11-19)16(3)18-8-12-20(13-9-18)22-15-5-2/h1-2,6-13,16H,14-15H2,3H3. The molecule has 2 aromatic rings. The van der Waals surface area contributed by atoms with Crippen molar-refractivity contribution in [3.63, 3.8) is 0 Å². The third-order valence-corrected chi connectivity index (χ3v) is 3.40. The fraction of sp³-hybridized carbons (Fsp3) is 0.200. The molecule has 2 nitrogen and oxygen atoms in total. The number of ether oxygens (including phenoxy) is 2. The molecule has 110 valence electrons. The molecular formula is C20H18O2. The molecule has 0 heterocycles. The molecule has 0 N–H and O–H groups in total. The molecule has 0 bridgehead atoms. The Kier molecular flexibility index (Phi) is 5.52. The summed E-state index contributed by atoms with van der Waals surface area (Å²) in [7, 11) is 0. The Bertz CT molecular complexity index is 608. The van der Waals surface area contributed by atoms with Crippen LogP contribution in [0.25, 0.3) is 0 Å². The van der Waals surface area contributed by atoms with Crippen LogP contribution in [-0.4, -0.2) is 13.2 Å². The lowest BCUT2D eigenvalue weighted by atomic mass is 9.93. The van der Waals surface area contributed by atoms with Crippen molar-refractivity contribution in [2.45, 2.75) is 12.8 Å². The van der Waals surface area contributed by atoms with Crippen molar-refractivity contribution < 1.29 is 9.47 Å². The molecule has 0 aliphatic heterocycles. The summed E-state index contributed by atoms with van der Waals surface area (Å²) in [5.74, 6) is 6.75. The van der Waals surface area contributed by atoms with Gasteiger partial charge >= 0.3 is 0 Å². The van der Waals surface area contributed by atoms with Crippen LogP contribution in [0.3, 0.4) is 0 Å². The van der Waals surface area contributed by atoms with Gasteiger partial charge < -0.3 is 9.47 Å². The van der Waals surface area contributed by atoms with Gasteiger partial charge in [0.2, 0.25) is 0 Å². The second kappa shape index (κ2) is 7.81. The zero-order chi connectivity index (χ0) is 15.8. The molecule has 0 saturated heterocycles. The van der Waals surface area contributed by atoms with Gasteiger partial charge in [0.1, 0.15) is 24.7 Å². The molecule has 0 spiro atoms. The predicted octanol–water partition coefficient (Wildman–Crippen LogP) is 3.86. The Hall–Kier alpha value is -2.84. The maximum atomic E-state index is 5.38. The quantitative estimate of drug-likeness (QED) is 0.752. The van der Waals surface area contributed by atoms with Crippen molar-refractivity contribution >= 4 is 0 Å². The highest BCUT2D eigenvalue weighted by Gasteiger charge is 2.08. The molecular weight excluding hydrogens is 272 g/mol. The molecule has 2 rings (SSSR count). The summed E-state index contributed by atoms with van der Waals surface area (Å²) >= 11 is 0. The van der Waals surface area contributed by atoms with Gasteiger partial charge in [-0.3, -0.25) is 0 Å². The molecule has 2 aromatic carbocycles. The summed E-state index contributed by atoms with van der Waals surface area (Å²) in [6.45, 7) is 2.73. The normalized spacial score (nSPS) is 9.82. The SMILES string of the molecule is C#CCOc1ccc(C(C)c2ccc(OCC#C)cc2)cc1. The highest BCUT2D eigenvalue weighted by atomic mass is 16.5. The zero-order valence-electron chi connectivity index (χ0n) is 12.6. The van der Waals surface area contributed by atoms with Gasteiger partial charge in [0.25, 0.3) is 0 Å². The molecule has 0 aromatic heterocycles. The summed E-state index contributed by atoms with van der Waals surface area (Å²) < 4.78 is 10.8. The lowest BCUT2D eigenvalue weighted by molar-refractivity contribution is 0.370. The van der Waals surface area contributed by atoms with E-state index in [-0.39, 0.29) is 19.1 Å². The Morgan fingerprint density at radius 2 is 1.14 bits per heavy atom. The molecule has 0 amide bonds. The average Bonchev–Trinajstić information content (AvgIpc) is 2.58. The smallest absolute Gasteiger partial charge is 0.148 e. The first-order valence-corrected chi connectivity index (χ1v) is 7.07. The van der Waals surface area contributed by atoms with Gasteiger partial charge in [-0.1, -0.05) is 43.0 Å². The first-order chi connectivity index (χ1) is 10.7. The zero-order valence-corrected chi connectivity index (χ0v) is 12.6. The van der Waals surface area contributed by atoms with Crippen LogP contribution in [0, 0.1) is 24.7 Å². The predicted molar refractivity (Wildman–Crippen MR) is 89.1 cm³/mol. The summed E-state index contributed by atoms with van der Waals surface area (Å²) in [6.07, 6.45) is 10.4. The highest BCUT2D eigenvalue weighted by Crippen LogP contribution is 2.27. The minimum Gasteiger partial charge on any atom is -0.481 e. The number of rotatable bonds is 6. The van der Waals surface area contributed by atoms with E-state index in [9.17, 15) is 0 Å². The molecule has 22 heavy (non-hydrogen) atoms. The monoisotopic (exact) mass is 290 g/mol. The Labute approximate surface area is 132 Å². The molecule has 2 heteroatoms. The van der Waals surface area contributed by atoms with Gasteiger partial charge in [0, 0.05) is 5.92 Å². The van der Waals surface area contributed by atoms with E-state index in [0.29, 0.717) is 0 Å². The fourth-order valence-corrected chi connectivity index (χ4v) is 2.15. The van der Waals surface area contributed by atoms with E-state index in [1.54, 1.807) is 0 Å². The molecule has 0 aliphatic rings. The number of benzene rings is 2. The first kappa shape index (κ1) is 15.5. The van der Waals surface area contributed by atoms with Crippen molar-refractivity contribution in [1.82, 2.24) is 0 Å². The van der Waals surface area contributed by atoms with E-state index in [1.807, 2.05) is 24.3 Å². The van der Waals surface area contributed by atoms with Crippen molar-refractivity contribution in [1.29, 1.82) is 0 Å². The van der Waals surface area contributed by atoms with Crippen molar-refractivity contribution in [2.75, 3.05) is 13.2 Å². The summed E-state index contributed by atoms with van der Waals surface area (Å²) in [5.41, 5.74) is 2.43. The fourth-order valence-electron chi connectivity index (χ4n) is 2.15. The Balaban J connectivity index is 2.06. The van der Waals surface area contributed by atoms with Crippen LogP contribution < -0.4 is 9.47 Å². The second-order valence-electron chi connectivity index (χ2n) is 4.85. The topological polar surface area (TPSA) is 18.5 Å². The Morgan fingerprint density at radius 1 is 0.773 bits per heavy atom. The molecule has 0 saturated carbocycles. The number of hydrogen-bond acceptors (Lipinski definition) is 2. The maximum Gasteiger partial charge on any atom is 0.148 e. The van der Waals surface area contributed by atoms with Gasteiger partial charge in [0.15, 0.2) is 0 Å². The van der Waals surface area contributed by atoms with Crippen LogP contribution in [-0.2, 0) is 0 Å². The summed E-state index contributed by atoms with van der Waals surface area (Å²) in [5, 5.41) is 0. The molecule has 0 aliphatic carbocycles. The third-order valence-electron chi connectivity index (χ3n) is 3.40. The molecule has 0 fully saturated rings. The van der Waals surface area contributed by atoms with Gasteiger partial charge in [-0.2, -0.15) is 0 Å². The van der Waals surface area contributed by atoms with E-state index in [0.717, 1.165) is 11.5 Å². The summed E-state index contributed by atoms with van der Waals surface area (Å²) in [4.78, 5) is 0. The lowest BCUT2D eigenvalue weighted by Crippen LogP contribution is -1.98. The van der Waals surface area contributed by atoms with E-state index >= 15 is 0 Å².